The van der Waals surface area contributed by atoms with Gasteiger partial charge in [-0.25, -0.2) is 0 Å². The molecular formula is C12H22N2O2S. The fraction of sp³-hybridized carbons (Fsp3) is 0.917. The molecule has 2 saturated heterocycles. The molecule has 4 nitrogen and oxygen atoms in total. The van der Waals surface area contributed by atoms with Crippen molar-refractivity contribution in [2.24, 2.45) is 0 Å². The number of hydrogen-bond acceptors (Lipinski definition) is 4. The third kappa shape index (κ3) is 4.16. The van der Waals surface area contributed by atoms with E-state index < -0.39 is 5.97 Å². The fourth-order valence-electron chi connectivity index (χ4n) is 2.66. The van der Waals surface area contributed by atoms with E-state index in [0.717, 1.165) is 32.2 Å². The van der Waals surface area contributed by atoms with Gasteiger partial charge in [0, 0.05) is 38.8 Å². The smallest absolute Gasteiger partial charge is 0.304 e. The average Bonchev–Trinajstić information content (AvgIpc) is 2.38. The van der Waals surface area contributed by atoms with E-state index >= 15 is 0 Å². The van der Waals surface area contributed by atoms with Crippen molar-refractivity contribution in [1.29, 1.82) is 0 Å². The van der Waals surface area contributed by atoms with Gasteiger partial charge in [0.2, 0.25) is 0 Å². The Kier molecular flexibility index (Phi) is 5.13. The molecule has 5 heteroatoms. The average molecular weight is 258 g/mol. The van der Waals surface area contributed by atoms with E-state index in [1.807, 2.05) is 0 Å². The van der Waals surface area contributed by atoms with Crippen LogP contribution in [-0.2, 0) is 4.79 Å². The minimum atomic E-state index is -0.684. The third-order valence-corrected chi connectivity index (χ3v) is 4.80. The number of thioether (sulfide) groups is 1. The predicted octanol–water partition coefficient (Wildman–Crippen LogP) is 0.974. The molecule has 0 aliphatic carbocycles. The number of carboxylic acid groups (broad SMARTS) is 1. The number of rotatable bonds is 4. The molecule has 0 radical (unpaired) electrons. The number of carbonyl (C=O) groups is 1. The van der Waals surface area contributed by atoms with Crippen molar-refractivity contribution < 1.29 is 9.90 Å². The molecule has 2 aliphatic rings. The van der Waals surface area contributed by atoms with Gasteiger partial charge in [-0.1, -0.05) is 0 Å². The Labute approximate surface area is 107 Å². The third-order valence-electron chi connectivity index (χ3n) is 3.76. The van der Waals surface area contributed by atoms with Crippen LogP contribution in [0.4, 0.5) is 0 Å². The van der Waals surface area contributed by atoms with E-state index in [0.29, 0.717) is 6.54 Å². The molecule has 98 valence electrons. The maximum absolute atomic E-state index is 10.5. The first-order valence-electron chi connectivity index (χ1n) is 6.51. The summed E-state index contributed by atoms with van der Waals surface area (Å²) in [6.07, 6.45) is 2.94. The molecular weight excluding hydrogens is 236 g/mol. The zero-order valence-electron chi connectivity index (χ0n) is 10.3. The van der Waals surface area contributed by atoms with Gasteiger partial charge in [0.25, 0.3) is 0 Å². The van der Waals surface area contributed by atoms with Crippen LogP contribution in [-0.4, -0.2) is 71.1 Å². The highest BCUT2D eigenvalue weighted by atomic mass is 32.2. The fourth-order valence-corrected chi connectivity index (χ4v) is 3.74. The molecule has 0 aromatic rings. The maximum Gasteiger partial charge on any atom is 0.304 e. The second-order valence-corrected chi connectivity index (χ2v) is 6.09. The SMILES string of the molecule is O=C(O)CCN1CCN(C2CCSCC2)CC1. The van der Waals surface area contributed by atoms with Crippen LogP contribution in [0, 0.1) is 0 Å². The van der Waals surface area contributed by atoms with Crippen LogP contribution in [0.1, 0.15) is 19.3 Å². The van der Waals surface area contributed by atoms with Crippen LogP contribution in [0.3, 0.4) is 0 Å². The van der Waals surface area contributed by atoms with Crippen molar-refractivity contribution in [3.05, 3.63) is 0 Å². The highest BCUT2D eigenvalue weighted by Gasteiger charge is 2.25. The molecule has 0 amide bonds. The van der Waals surface area contributed by atoms with Crippen LogP contribution >= 0.6 is 11.8 Å². The van der Waals surface area contributed by atoms with Crippen LogP contribution in [0.15, 0.2) is 0 Å². The standard InChI is InChI=1S/C12H22N2O2S/c15-12(16)1-4-13-5-7-14(8-6-13)11-2-9-17-10-3-11/h11H,1-10H2,(H,15,16). The van der Waals surface area contributed by atoms with Crippen molar-refractivity contribution in [3.63, 3.8) is 0 Å². The summed E-state index contributed by atoms with van der Waals surface area (Å²) in [5, 5.41) is 8.66. The zero-order valence-corrected chi connectivity index (χ0v) is 11.1. The summed E-state index contributed by atoms with van der Waals surface area (Å²) in [4.78, 5) is 15.4. The Balaban J connectivity index is 1.68. The van der Waals surface area contributed by atoms with Gasteiger partial charge in [-0.05, 0) is 24.3 Å². The second kappa shape index (κ2) is 6.61. The van der Waals surface area contributed by atoms with E-state index in [4.69, 9.17) is 5.11 Å². The summed E-state index contributed by atoms with van der Waals surface area (Å²) >= 11 is 2.07. The number of nitrogens with zero attached hydrogens (tertiary/aromatic N) is 2. The molecule has 0 aromatic heterocycles. The molecule has 17 heavy (non-hydrogen) atoms. The molecule has 0 unspecified atom stereocenters. The van der Waals surface area contributed by atoms with Crippen molar-refractivity contribution in [2.45, 2.75) is 25.3 Å². The second-order valence-electron chi connectivity index (χ2n) is 4.86. The van der Waals surface area contributed by atoms with Crippen LogP contribution in [0.5, 0.6) is 0 Å². The Hall–Kier alpha value is -0.260. The first-order chi connectivity index (χ1) is 8.25. The van der Waals surface area contributed by atoms with Gasteiger partial charge in [-0.3, -0.25) is 9.69 Å². The Morgan fingerprint density at radius 1 is 1.18 bits per heavy atom. The maximum atomic E-state index is 10.5. The van der Waals surface area contributed by atoms with Gasteiger partial charge >= 0.3 is 5.97 Å². The van der Waals surface area contributed by atoms with Gasteiger partial charge in [0.1, 0.15) is 0 Å². The normalized spacial score (nSPS) is 24.9. The number of piperazine rings is 1. The zero-order chi connectivity index (χ0) is 12.1. The summed E-state index contributed by atoms with van der Waals surface area (Å²) in [5.41, 5.74) is 0. The van der Waals surface area contributed by atoms with Crippen LogP contribution < -0.4 is 0 Å². The van der Waals surface area contributed by atoms with Crippen molar-refractivity contribution in [3.8, 4) is 0 Å². The van der Waals surface area contributed by atoms with E-state index in [1.165, 1.54) is 24.3 Å². The topological polar surface area (TPSA) is 43.8 Å². The molecule has 2 fully saturated rings. The lowest BCUT2D eigenvalue weighted by molar-refractivity contribution is -0.137. The molecule has 1 N–H and O–H groups in total. The quantitative estimate of drug-likeness (QED) is 0.814. The summed E-state index contributed by atoms with van der Waals surface area (Å²) in [7, 11) is 0. The lowest BCUT2D eigenvalue weighted by atomic mass is 10.1. The van der Waals surface area contributed by atoms with Crippen molar-refractivity contribution in [1.82, 2.24) is 9.80 Å². The molecule has 0 spiro atoms. The van der Waals surface area contributed by atoms with Gasteiger partial charge in [0.15, 0.2) is 0 Å². The van der Waals surface area contributed by atoms with Crippen LogP contribution in [0.25, 0.3) is 0 Å². The summed E-state index contributed by atoms with van der Waals surface area (Å²) in [6.45, 7) is 5.03. The number of hydrogen-bond donors (Lipinski definition) is 1. The molecule has 0 bridgehead atoms. The van der Waals surface area contributed by atoms with Crippen molar-refractivity contribution in [2.75, 3.05) is 44.2 Å². The Morgan fingerprint density at radius 3 is 2.41 bits per heavy atom. The van der Waals surface area contributed by atoms with Crippen molar-refractivity contribution >= 4 is 17.7 Å². The first-order valence-corrected chi connectivity index (χ1v) is 7.67. The minimum absolute atomic E-state index is 0.278. The van der Waals surface area contributed by atoms with Gasteiger partial charge in [-0.15, -0.1) is 0 Å². The first kappa shape index (κ1) is 13.2. The number of carboxylic acids is 1. The largest absolute Gasteiger partial charge is 0.481 e. The highest BCUT2D eigenvalue weighted by molar-refractivity contribution is 7.99. The van der Waals surface area contributed by atoms with E-state index in [9.17, 15) is 4.79 Å². The molecule has 2 rings (SSSR count). The predicted molar refractivity (Wildman–Crippen MR) is 70.6 cm³/mol. The highest BCUT2D eigenvalue weighted by Crippen LogP contribution is 2.22. The Morgan fingerprint density at radius 2 is 1.82 bits per heavy atom. The van der Waals surface area contributed by atoms with Gasteiger partial charge in [-0.2, -0.15) is 11.8 Å². The molecule has 0 aromatic carbocycles. The molecule has 0 atom stereocenters. The molecule has 2 aliphatic heterocycles. The van der Waals surface area contributed by atoms with Gasteiger partial charge < -0.3 is 10.0 Å². The summed E-state index contributed by atoms with van der Waals surface area (Å²) < 4.78 is 0. The van der Waals surface area contributed by atoms with E-state index in [-0.39, 0.29) is 6.42 Å². The lowest BCUT2D eigenvalue weighted by Crippen LogP contribution is -2.51. The van der Waals surface area contributed by atoms with E-state index in [2.05, 4.69) is 21.6 Å². The minimum Gasteiger partial charge on any atom is -0.481 e. The van der Waals surface area contributed by atoms with Crippen LogP contribution in [0.2, 0.25) is 0 Å². The van der Waals surface area contributed by atoms with E-state index in [1.54, 1.807) is 0 Å². The summed E-state index contributed by atoms with van der Waals surface area (Å²) in [6, 6.07) is 0.790. The Bertz CT molecular complexity index is 249. The summed E-state index contributed by atoms with van der Waals surface area (Å²) in [5.74, 6) is 1.94. The monoisotopic (exact) mass is 258 g/mol. The molecule has 2 heterocycles. The number of aliphatic carboxylic acids is 1. The lowest BCUT2D eigenvalue weighted by Gasteiger charge is -2.40. The molecule has 0 saturated carbocycles. The van der Waals surface area contributed by atoms with Gasteiger partial charge in [0.05, 0.1) is 6.42 Å².